The molecular formula is C26H30N2O3. The van der Waals surface area contributed by atoms with Crippen LogP contribution in [0.4, 0.5) is 0 Å². The van der Waals surface area contributed by atoms with E-state index < -0.39 is 0 Å². The second-order valence-electron chi connectivity index (χ2n) is 10.3. The monoisotopic (exact) mass is 418 g/mol. The van der Waals surface area contributed by atoms with E-state index in [9.17, 15) is 9.59 Å². The van der Waals surface area contributed by atoms with Crippen molar-refractivity contribution in [1.29, 1.82) is 0 Å². The summed E-state index contributed by atoms with van der Waals surface area (Å²) >= 11 is 0. The van der Waals surface area contributed by atoms with E-state index in [1.807, 2.05) is 35.2 Å². The van der Waals surface area contributed by atoms with Crippen molar-refractivity contribution in [1.82, 2.24) is 9.80 Å². The predicted octanol–water partition coefficient (Wildman–Crippen LogP) is 4.33. The van der Waals surface area contributed by atoms with Crippen molar-refractivity contribution in [2.75, 3.05) is 26.2 Å². The number of amides is 2. The lowest BCUT2D eigenvalue weighted by molar-refractivity contribution is -0.160. The van der Waals surface area contributed by atoms with Crippen LogP contribution in [0.25, 0.3) is 17.0 Å². The first kappa shape index (κ1) is 19.1. The molecule has 0 radical (unpaired) electrons. The number of hydrogen-bond donors (Lipinski definition) is 0. The van der Waals surface area contributed by atoms with E-state index in [0.29, 0.717) is 37.8 Å². The van der Waals surface area contributed by atoms with Gasteiger partial charge in [-0.05, 0) is 74.5 Å². The number of piperazine rings is 1. The first-order valence-corrected chi connectivity index (χ1v) is 11.8. The zero-order chi connectivity index (χ0) is 21.0. The summed E-state index contributed by atoms with van der Waals surface area (Å²) in [6.07, 6.45) is 10.7. The van der Waals surface area contributed by atoms with Crippen molar-refractivity contribution in [2.45, 2.75) is 38.5 Å². The molecule has 7 rings (SSSR count). The second kappa shape index (κ2) is 7.25. The van der Waals surface area contributed by atoms with E-state index in [1.54, 1.807) is 12.2 Å². The number of nitrogens with zero attached hydrogens (tertiary/aromatic N) is 2. The number of benzene rings is 1. The molecular weight excluding hydrogens is 388 g/mol. The number of rotatable bonds is 3. The molecule has 0 unspecified atom stereocenters. The summed E-state index contributed by atoms with van der Waals surface area (Å²) in [4.78, 5) is 30.1. The van der Waals surface area contributed by atoms with Gasteiger partial charge in [0, 0.05) is 37.6 Å². The van der Waals surface area contributed by atoms with Crippen molar-refractivity contribution in [3.8, 4) is 0 Å². The van der Waals surface area contributed by atoms with Gasteiger partial charge < -0.3 is 14.2 Å². The molecule has 4 aliphatic carbocycles. The van der Waals surface area contributed by atoms with Crippen molar-refractivity contribution >= 4 is 28.9 Å². The van der Waals surface area contributed by atoms with Crippen molar-refractivity contribution in [3.05, 3.63) is 42.2 Å². The topological polar surface area (TPSA) is 53.8 Å². The fourth-order valence-electron chi connectivity index (χ4n) is 7.18. The Balaban J connectivity index is 1.07. The van der Waals surface area contributed by atoms with Crippen LogP contribution in [-0.4, -0.2) is 47.8 Å². The van der Waals surface area contributed by atoms with Gasteiger partial charge in [0.25, 0.3) is 0 Å². The Morgan fingerprint density at radius 1 is 0.903 bits per heavy atom. The fraction of sp³-hybridized carbons (Fsp3) is 0.538. The normalized spacial score (nSPS) is 32.3. The van der Waals surface area contributed by atoms with Crippen molar-refractivity contribution < 1.29 is 14.0 Å². The molecule has 2 aromatic rings. The van der Waals surface area contributed by atoms with Gasteiger partial charge in [0.15, 0.2) is 0 Å². The van der Waals surface area contributed by atoms with E-state index in [2.05, 4.69) is 4.90 Å². The van der Waals surface area contributed by atoms with Crippen molar-refractivity contribution in [3.63, 3.8) is 0 Å². The molecule has 1 aromatic heterocycles. The van der Waals surface area contributed by atoms with Crippen LogP contribution in [0.15, 0.2) is 40.8 Å². The Morgan fingerprint density at radius 3 is 2.16 bits per heavy atom. The first-order valence-electron chi connectivity index (χ1n) is 11.8. The number of furan rings is 1. The van der Waals surface area contributed by atoms with E-state index in [4.69, 9.17) is 4.42 Å². The molecule has 2 heterocycles. The third kappa shape index (κ3) is 3.38. The van der Waals surface area contributed by atoms with Crippen LogP contribution in [0, 0.1) is 23.2 Å². The Kier molecular flexibility index (Phi) is 4.48. The van der Waals surface area contributed by atoms with E-state index in [-0.39, 0.29) is 11.3 Å². The SMILES string of the molecule is O=C(/C=C/c1cc2ccccc2o1)N1CCN(C(=O)C23CC4CC(CC(C4)C2)C3)CC1. The number of hydrogen-bond acceptors (Lipinski definition) is 3. The highest BCUT2D eigenvalue weighted by Gasteiger charge is 2.55. The van der Waals surface area contributed by atoms with Crippen LogP contribution in [0.5, 0.6) is 0 Å². The third-order valence-electron chi connectivity index (χ3n) is 8.21. The maximum absolute atomic E-state index is 13.5. The average molecular weight is 419 g/mol. The van der Waals surface area contributed by atoms with Gasteiger partial charge in [0.05, 0.1) is 5.41 Å². The largest absolute Gasteiger partial charge is 0.457 e. The molecule has 1 saturated heterocycles. The Labute approximate surface area is 183 Å². The minimum absolute atomic E-state index is 0.0117. The summed E-state index contributed by atoms with van der Waals surface area (Å²) in [6, 6.07) is 9.78. The number of carbonyl (C=O) groups excluding carboxylic acids is 2. The quantitative estimate of drug-likeness (QED) is 0.697. The Morgan fingerprint density at radius 2 is 1.52 bits per heavy atom. The highest BCUT2D eigenvalue weighted by Crippen LogP contribution is 2.60. The molecule has 5 heteroatoms. The molecule has 4 saturated carbocycles. The van der Waals surface area contributed by atoms with Gasteiger partial charge in [0.2, 0.25) is 11.8 Å². The predicted molar refractivity (Wildman–Crippen MR) is 119 cm³/mol. The Bertz CT molecular complexity index is 976. The summed E-state index contributed by atoms with van der Waals surface area (Å²) in [7, 11) is 0. The minimum atomic E-state index is -0.0812. The molecule has 31 heavy (non-hydrogen) atoms. The third-order valence-corrected chi connectivity index (χ3v) is 8.21. The molecule has 1 aliphatic heterocycles. The van der Waals surface area contributed by atoms with Crippen LogP contribution in [-0.2, 0) is 9.59 Å². The lowest BCUT2D eigenvalue weighted by Crippen LogP contribution is -2.58. The van der Waals surface area contributed by atoms with Crippen molar-refractivity contribution in [2.24, 2.45) is 23.2 Å². The summed E-state index contributed by atoms with van der Waals surface area (Å²) in [5, 5.41) is 1.03. The maximum Gasteiger partial charge on any atom is 0.246 e. The van der Waals surface area contributed by atoms with Crippen LogP contribution in [0.3, 0.4) is 0 Å². The van der Waals surface area contributed by atoms with E-state index >= 15 is 0 Å². The lowest BCUT2D eigenvalue weighted by Gasteiger charge is -2.57. The fourth-order valence-corrected chi connectivity index (χ4v) is 7.18. The zero-order valence-electron chi connectivity index (χ0n) is 18.0. The van der Waals surface area contributed by atoms with Gasteiger partial charge in [-0.2, -0.15) is 0 Å². The Hall–Kier alpha value is -2.56. The summed E-state index contributed by atoms with van der Waals surface area (Å²) in [5.74, 6) is 3.40. The van der Waals surface area contributed by atoms with Crippen LogP contribution in [0.2, 0.25) is 0 Å². The molecule has 0 atom stereocenters. The molecule has 0 N–H and O–H groups in total. The highest BCUT2D eigenvalue weighted by molar-refractivity contribution is 5.92. The van der Waals surface area contributed by atoms with E-state index in [1.165, 1.54) is 19.3 Å². The molecule has 0 spiro atoms. The molecule has 5 fully saturated rings. The first-order chi connectivity index (χ1) is 15.1. The molecule has 162 valence electrons. The molecule has 4 bridgehead atoms. The molecule has 5 aliphatic rings. The highest BCUT2D eigenvalue weighted by atomic mass is 16.3. The maximum atomic E-state index is 13.5. The molecule has 1 aromatic carbocycles. The number of fused-ring (bicyclic) bond motifs is 1. The smallest absolute Gasteiger partial charge is 0.246 e. The van der Waals surface area contributed by atoms with Crippen LogP contribution < -0.4 is 0 Å². The zero-order valence-corrected chi connectivity index (χ0v) is 18.0. The minimum Gasteiger partial charge on any atom is -0.457 e. The van der Waals surface area contributed by atoms with Gasteiger partial charge in [-0.15, -0.1) is 0 Å². The summed E-state index contributed by atoms with van der Waals surface area (Å²) in [6.45, 7) is 2.54. The summed E-state index contributed by atoms with van der Waals surface area (Å²) in [5.41, 5.74) is 0.744. The van der Waals surface area contributed by atoms with Gasteiger partial charge in [0.1, 0.15) is 11.3 Å². The molecule has 2 amide bonds. The molecule has 5 nitrogen and oxygen atoms in total. The van der Waals surface area contributed by atoms with Gasteiger partial charge >= 0.3 is 0 Å². The summed E-state index contributed by atoms with van der Waals surface area (Å²) < 4.78 is 5.76. The standard InChI is InChI=1S/C26H30N2O3/c29-24(6-5-22-14-21-3-1-2-4-23(21)31-22)27-7-9-28(10-8-27)25(30)26-15-18-11-19(16-26)13-20(12-18)17-26/h1-6,14,18-20H,7-13,15-17H2/b6-5+. The second-order valence-corrected chi connectivity index (χ2v) is 10.3. The van der Waals surface area contributed by atoms with Gasteiger partial charge in [-0.1, -0.05) is 18.2 Å². The van der Waals surface area contributed by atoms with Crippen LogP contribution >= 0.6 is 0 Å². The number of carbonyl (C=O) groups is 2. The van der Waals surface area contributed by atoms with Crippen LogP contribution in [0.1, 0.15) is 44.3 Å². The number of para-hydroxylation sites is 1. The van der Waals surface area contributed by atoms with Gasteiger partial charge in [-0.25, -0.2) is 0 Å². The van der Waals surface area contributed by atoms with Gasteiger partial charge in [-0.3, -0.25) is 9.59 Å². The van der Waals surface area contributed by atoms with E-state index in [0.717, 1.165) is 48.0 Å². The average Bonchev–Trinajstić information content (AvgIpc) is 3.19. The lowest BCUT2D eigenvalue weighted by atomic mass is 9.49.